The van der Waals surface area contributed by atoms with Crippen molar-refractivity contribution in [2.24, 2.45) is 7.05 Å². The summed E-state index contributed by atoms with van der Waals surface area (Å²) in [6, 6.07) is 6.04. The van der Waals surface area contributed by atoms with Gasteiger partial charge in [-0.2, -0.15) is 18.3 Å². The maximum absolute atomic E-state index is 12.7. The number of benzene rings is 1. The molecule has 0 radical (unpaired) electrons. The smallest absolute Gasteiger partial charge is 0.343 e. The summed E-state index contributed by atoms with van der Waals surface area (Å²) in [5.74, 6) is -0.330. The summed E-state index contributed by atoms with van der Waals surface area (Å²) in [5.41, 5.74) is 0.873. The van der Waals surface area contributed by atoms with Gasteiger partial charge in [0, 0.05) is 29.2 Å². The number of halogens is 3. The number of aryl methyl sites for hydroxylation is 1. The highest BCUT2D eigenvalue weighted by Crippen LogP contribution is 2.31. The molecule has 0 aliphatic carbocycles. The second-order valence-electron chi connectivity index (χ2n) is 6.86. The second kappa shape index (κ2) is 7.99. The molecule has 0 saturated carbocycles. The molecule has 0 saturated heterocycles. The van der Waals surface area contributed by atoms with Crippen LogP contribution in [0.25, 0.3) is 10.9 Å². The largest absolute Gasteiger partial charge is 0.416 e. The van der Waals surface area contributed by atoms with Gasteiger partial charge in [-0.05, 0) is 37.3 Å². The number of alkyl halides is 3. The number of anilines is 2. The van der Waals surface area contributed by atoms with Crippen LogP contribution in [0.1, 0.15) is 33.9 Å². The number of nitrogens with one attached hydrogen (secondary N) is 2. The van der Waals surface area contributed by atoms with Gasteiger partial charge >= 0.3 is 6.18 Å². The molecule has 2 N–H and O–H groups in total. The number of amides is 1. The molecule has 3 heterocycles. The molecule has 0 aliphatic heterocycles. The number of hydrogen-bond donors (Lipinski definition) is 2. The summed E-state index contributed by atoms with van der Waals surface area (Å²) in [6.45, 7) is 1.82. The van der Waals surface area contributed by atoms with Crippen molar-refractivity contribution >= 4 is 39.0 Å². The third-order valence-electron chi connectivity index (χ3n) is 4.63. The molecule has 1 atom stereocenters. The predicted molar refractivity (Wildman–Crippen MR) is 111 cm³/mol. The lowest BCUT2D eigenvalue weighted by atomic mass is 10.2. The number of nitrogens with zero attached hydrogens (tertiary/aromatic N) is 4. The van der Waals surface area contributed by atoms with Crippen LogP contribution in [0, 0.1) is 0 Å². The molecule has 31 heavy (non-hydrogen) atoms. The van der Waals surface area contributed by atoms with Gasteiger partial charge in [-0.1, -0.05) is 11.3 Å². The summed E-state index contributed by atoms with van der Waals surface area (Å²) in [5, 5.41) is 11.3. The Labute approximate surface area is 178 Å². The average Bonchev–Trinajstić information content (AvgIpc) is 3.34. The maximum atomic E-state index is 12.7. The number of aromatic nitrogens is 4. The fraction of sp³-hybridized carbons (Fsp3) is 0.200. The molecule has 0 bridgehead atoms. The average molecular weight is 446 g/mol. The van der Waals surface area contributed by atoms with Gasteiger partial charge < -0.3 is 10.6 Å². The van der Waals surface area contributed by atoms with Gasteiger partial charge in [0.2, 0.25) is 0 Å². The molecule has 3 aromatic heterocycles. The second-order valence-corrected chi connectivity index (χ2v) is 7.92. The van der Waals surface area contributed by atoms with Crippen molar-refractivity contribution in [3.8, 4) is 0 Å². The Morgan fingerprint density at radius 3 is 2.58 bits per heavy atom. The van der Waals surface area contributed by atoms with E-state index in [1.807, 2.05) is 6.92 Å². The van der Waals surface area contributed by atoms with Crippen LogP contribution in [0.3, 0.4) is 0 Å². The van der Waals surface area contributed by atoms with Crippen LogP contribution in [0.5, 0.6) is 0 Å². The summed E-state index contributed by atoms with van der Waals surface area (Å²) in [7, 11) is 1.80. The molecule has 7 nitrogen and oxygen atoms in total. The monoisotopic (exact) mass is 446 g/mol. The van der Waals surface area contributed by atoms with E-state index < -0.39 is 11.7 Å². The molecular formula is C20H17F3N6OS. The molecule has 0 fully saturated rings. The van der Waals surface area contributed by atoms with E-state index in [9.17, 15) is 18.0 Å². The highest BCUT2D eigenvalue weighted by Gasteiger charge is 2.30. The van der Waals surface area contributed by atoms with E-state index in [0.29, 0.717) is 10.8 Å². The lowest BCUT2D eigenvalue weighted by Gasteiger charge is -2.11. The van der Waals surface area contributed by atoms with Gasteiger partial charge in [0.25, 0.3) is 5.91 Å². The van der Waals surface area contributed by atoms with Crippen LogP contribution >= 0.6 is 11.3 Å². The lowest BCUT2D eigenvalue weighted by molar-refractivity contribution is -0.137. The molecule has 160 valence electrons. The van der Waals surface area contributed by atoms with Gasteiger partial charge in [-0.3, -0.25) is 9.48 Å². The number of carbonyl (C=O) groups is 1. The Bertz CT molecular complexity index is 1230. The highest BCUT2D eigenvalue weighted by molar-refractivity contribution is 7.15. The van der Waals surface area contributed by atoms with Crippen LogP contribution in [-0.2, 0) is 13.2 Å². The van der Waals surface area contributed by atoms with Crippen molar-refractivity contribution in [2.75, 3.05) is 5.32 Å². The van der Waals surface area contributed by atoms with Crippen molar-refractivity contribution in [1.29, 1.82) is 0 Å². The Balaban J connectivity index is 1.41. The van der Waals surface area contributed by atoms with E-state index in [4.69, 9.17) is 0 Å². The van der Waals surface area contributed by atoms with Crippen molar-refractivity contribution < 1.29 is 18.0 Å². The fourth-order valence-electron chi connectivity index (χ4n) is 2.92. The standard InChI is InChI=1S/C20H17F3N6OS/c1-11(27-18(30)15-7-12-8-26-29(2)16(12)9-24-15)17-10-25-19(31-17)28-14-5-3-13(4-6-14)20(21,22)23/h3-11H,1-2H3,(H,25,28)(H,27,30). The zero-order valence-electron chi connectivity index (χ0n) is 16.4. The SMILES string of the molecule is CC(NC(=O)c1cc2cnn(C)c2cn1)c1cnc(Nc2ccc(C(F)(F)F)cc2)s1. The van der Waals surface area contributed by atoms with E-state index in [1.54, 1.807) is 36.4 Å². The van der Waals surface area contributed by atoms with Gasteiger partial charge in [0.05, 0.1) is 29.5 Å². The molecule has 1 aromatic carbocycles. The van der Waals surface area contributed by atoms with Crippen molar-refractivity contribution in [1.82, 2.24) is 25.1 Å². The Morgan fingerprint density at radius 2 is 1.87 bits per heavy atom. The third-order valence-corrected chi connectivity index (χ3v) is 5.72. The number of thiazole rings is 1. The molecule has 1 unspecified atom stereocenters. The Morgan fingerprint density at radius 1 is 1.13 bits per heavy atom. The molecule has 11 heteroatoms. The molecular weight excluding hydrogens is 429 g/mol. The quantitative estimate of drug-likeness (QED) is 0.465. The Kier molecular flexibility index (Phi) is 5.36. The van der Waals surface area contributed by atoms with Crippen LogP contribution in [0.15, 0.2) is 48.9 Å². The number of carbonyl (C=O) groups excluding carboxylic acids is 1. The number of rotatable bonds is 5. The lowest BCUT2D eigenvalue weighted by Crippen LogP contribution is -2.26. The highest BCUT2D eigenvalue weighted by atomic mass is 32.1. The first kappa shape index (κ1) is 20.8. The summed E-state index contributed by atoms with van der Waals surface area (Å²) >= 11 is 1.30. The van der Waals surface area contributed by atoms with Gasteiger partial charge in [-0.25, -0.2) is 9.97 Å². The van der Waals surface area contributed by atoms with E-state index >= 15 is 0 Å². The topological polar surface area (TPSA) is 84.7 Å². The van der Waals surface area contributed by atoms with Gasteiger partial charge in [-0.15, -0.1) is 0 Å². The predicted octanol–water partition coefficient (Wildman–Crippen LogP) is 4.68. The number of fused-ring (bicyclic) bond motifs is 1. The first-order valence-electron chi connectivity index (χ1n) is 9.19. The first-order chi connectivity index (χ1) is 14.7. The van der Waals surface area contributed by atoms with Crippen LogP contribution in [0.2, 0.25) is 0 Å². The van der Waals surface area contributed by atoms with Gasteiger partial charge in [0.15, 0.2) is 5.13 Å². The number of hydrogen-bond acceptors (Lipinski definition) is 6. The van der Waals surface area contributed by atoms with Crippen molar-refractivity contribution in [3.63, 3.8) is 0 Å². The summed E-state index contributed by atoms with van der Waals surface area (Å²) in [6.07, 6.45) is 0.497. The zero-order valence-corrected chi connectivity index (χ0v) is 17.3. The fourth-order valence-corrected chi connectivity index (χ4v) is 3.76. The summed E-state index contributed by atoms with van der Waals surface area (Å²) in [4.78, 5) is 21.8. The molecule has 0 aliphatic rings. The minimum Gasteiger partial charge on any atom is -0.343 e. The minimum absolute atomic E-state index is 0.278. The third kappa shape index (κ3) is 4.50. The summed E-state index contributed by atoms with van der Waals surface area (Å²) < 4.78 is 39.7. The molecule has 0 spiro atoms. The molecule has 4 rings (SSSR count). The Hall–Kier alpha value is -3.47. The van der Waals surface area contributed by atoms with E-state index in [1.165, 1.54) is 23.5 Å². The normalized spacial score (nSPS) is 12.7. The van der Waals surface area contributed by atoms with Crippen molar-refractivity contribution in [2.45, 2.75) is 19.1 Å². The van der Waals surface area contributed by atoms with E-state index in [-0.39, 0.29) is 17.6 Å². The zero-order chi connectivity index (χ0) is 22.2. The number of pyridine rings is 1. The minimum atomic E-state index is -4.38. The molecule has 1 amide bonds. The van der Waals surface area contributed by atoms with Crippen LogP contribution in [0.4, 0.5) is 24.0 Å². The molecule has 4 aromatic rings. The first-order valence-corrected chi connectivity index (χ1v) is 10.0. The van der Waals surface area contributed by atoms with Crippen molar-refractivity contribution in [3.05, 3.63) is 65.1 Å². The van der Waals surface area contributed by atoms with E-state index in [2.05, 4.69) is 25.7 Å². The van der Waals surface area contributed by atoms with Crippen LogP contribution < -0.4 is 10.6 Å². The maximum Gasteiger partial charge on any atom is 0.416 e. The van der Waals surface area contributed by atoms with Crippen LogP contribution in [-0.4, -0.2) is 25.7 Å². The van der Waals surface area contributed by atoms with E-state index in [0.717, 1.165) is 27.9 Å². The van der Waals surface area contributed by atoms with Gasteiger partial charge in [0.1, 0.15) is 5.69 Å².